The van der Waals surface area contributed by atoms with Crippen molar-refractivity contribution in [3.63, 3.8) is 0 Å². The summed E-state index contributed by atoms with van der Waals surface area (Å²) in [6.45, 7) is 7.52. The lowest BCUT2D eigenvalue weighted by molar-refractivity contribution is -0.158. The second-order valence-corrected chi connectivity index (χ2v) is 6.38. The third kappa shape index (κ3) is 4.75. The highest BCUT2D eigenvalue weighted by Gasteiger charge is 2.46. The normalized spacial score (nSPS) is 33.7. The Balaban J connectivity index is 2.86. The molecule has 1 aliphatic rings. The Morgan fingerprint density at radius 2 is 0.950 bits per heavy atom. The first-order valence-electron chi connectivity index (χ1n) is 8.24. The van der Waals surface area contributed by atoms with E-state index in [1.807, 2.05) is 0 Å². The van der Waals surface area contributed by atoms with E-state index in [-0.39, 0.29) is 0 Å². The first-order valence-corrected chi connectivity index (χ1v) is 8.24. The summed E-state index contributed by atoms with van der Waals surface area (Å²) in [6.07, 6.45) is 15.0. The van der Waals surface area contributed by atoms with Gasteiger partial charge in [-0.25, -0.2) is 0 Å². The van der Waals surface area contributed by atoms with Crippen molar-refractivity contribution in [1.29, 1.82) is 0 Å². The molecule has 2 unspecified atom stereocenters. The Kier molecular flexibility index (Phi) is 7.53. The summed E-state index contributed by atoms with van der Waals surface area (Å²) in [5.74, 6) is 0. The summed E-state index contributed by atoms with van der Waals surface area (Å²) < 4.78 is 0. The smallest absolute Gasteiger partial charge is 0.0970 e. The van der Waals surface area contributed by atoms with E-state index in [1.165, 1.54) is 25.7 Å². The molecule has 1 aliphatic carbocycles. The van der Waals surface area contributed by atoms with E-state index in [0.29, 0.717) is 25.7 Å². The van der Waals surface area contributed by atoms with Crippen molar-refractivity contribution >= 4 is 0 Å². The minimum Gasteiger partial charge on any atom is -0.387 e. The van der Waals surface area contributed by atoms with Gasteiger partial charge in [-0.3, -0.25) is 0 Å². The predicted octanol–water partition coefficient (Wildman–Crippen LogP) is 4.52. The van der Waals surface area contributed by atoms with Crippen molar-refractivity contribution < 1.29 is 10.2 Å². The average Bonchev–Trinajstić information content (AvgIpc) is 2.40. The van der Waals surface area contributed by atoms with Gasteiger partial charge in [0.05, 0.1) is 11.2 Å². The second kappa shape index (κ2) is 8.63. The highest BCUT2D eigenvalue weighted by Crippen LogP contribution is 2.39. The molecule has 2 N–H and O–H groups in total. The maximum Gasteiger partial charge on any atom is 0.0970 e. The van der Waals surface area contributed by atoms with Crippen LogP contribution in [-0.4, -0.2) is 21.4 Å². The lowest BCUT2D eigenvalue weighted by Gasteiger charge is -2.43. The molecule has 0 heterocycles. The molecular weight excluding hydrogens is 248 g/mol. The van der Waals surface area contributed by atoms with E-state index < -0.39 is 11.2 Å². The summed E-state index contributed by atoms with van der Waals surface area (Å²) in [4.78, 5) is 0. The number of hydrogen-bond donors (Lipinski definition) is 2. The summed E-state index contributed by atoms with van der Waals surface area (Å²) in [6, 6.07) is 0. The Labute approximate surface area is 124 Å². The van der Waals surface area contributed by atoms with Crippen LogP contribution in [0.2, 0.25) is 0 Å². The summed E-state index contributed by atoms with van der Waals surface area (Å²) in [7, 11) is 0. The zero-order valence-electron chi connectivity index (χ0n) is 12.9. The standard InChI is InChI=1S/C18H32O2/c1-3-13-17(19)15-11-9-7-5-6-8-10-12-16-18(17,20)14-4-2/h3-4,19-20H,1-2,5-16H2. The molecule has 2 heteroatoms. The third-order valence-corrected chi connectivity index (χ3v) is 4.76. The van der Waals surface area contributed by atoms with Crippen LogP contribution in [0.25, 0.3) is 0 Å². The predicted molar refractivity (Wildman–Crippen MR) is 85.7 cm³/mol. The topological polar surface area (TPSA) is 40.5 Å². The highest BCUT2D eigenvalue weighted by atomic mass is 16.4. The molecule has 2 nitrogen and oxygen atoms in total. The van der Waals surface area contributed by atoms with E-state index in [2.05, 4.69) is 13.2 Å². The van der Waals surface area contributed by atoms with Gasteiger partial charge in [-0.05, 0) is 25.7 Å². The van der Waals surface area contributed by atoms with Crippen LogP contribution in [0.15, 0.2) is 25.3 Å². The third-order valence-electron chi connectivity index (χ3n) is 4.76. The highest BCUT2D eigenvalue weighted by molar-refractivity contribution is 5.05. The van der Waals surface area contributed by atoms with Gasteiger partial charge in [-0.2, -0.15) is 0 Å². The molecule has 0 aromatic heterocycles. The average molecular weight is 280 g/mol. The molecule has 1 fully saturated rings. The van der Waals surface area contributed by atoms with Crippen LogP contribution < -0.4 is 0 Å². The van der Waals surface area contributed by atoms with Crippen LogP contribution in [0.3, 0.4) is 0 Å². The maximum atomic E-state index is 11.0. The molecule has 0 bridgehead atoms. The SMILES string of the molecule is C=CCC1(O)CCCCCCCCCCC1(O)CC=C. The monoisotopic (exact) mass is 280 g/mol. The molecule has 0 saturated heterocycles. The lowest BCUT2D eigenvalue weighted by Crippen LogP contribution is -2.54. The second-order valence-electron chi connectivity index (χ2n) is 6.38. The molecule has 0 aromatic rings. The van der Waals surface area contributed by atoms with Gasteiger partial charge < -0.3 is 10.2 Å². The minimum atomic E-state index is -1.05. The molecule has 0 spiro atoms. The van der Waals surface area contributed by atoms with Gasteiger partial charge in [0.1, 0.15) is 0 Å². The van der Waals surface area contributed by atoms with E-state index in [9.17, 15) is 10.2 Å². The van der Waals surface area contributed by atoms with Crippen molar-refractivity contribution in [3.05, 3.63) is 25.3 Å². The van der Waals surface area contributed by atoms with Crippen LogP contribution in [0.5, 0.6) is 0 Å². The molecule has 20 heavy (non-hydrogen) atoms. The van der Waals surface area contributed by atoms with Crippen LogP contribution in [0.4, 0.5) is 0 Å². The van der Waals surface area contributed by atoms with Crippen molar-refractivity contribution in [2.45, 2.75) is 88.3 Å². The van der Waals surface area contributed by atoms with Gasteiger partial charge in [0.15, 0.2) is 0 Å². The van der Waals surface area contributed by atoms with Gasteiger partial charge in [-0.15, -0.1) is 13.2 Å². The van der Waals surface area contributed by atoms with Crippen molar-refractivity contribution in [3.8, 4) is 0 Å². The van der Waals surface area contributed by atoms with E-state index in [0.717, 1.165) is 25.7 Å². The molecule has 0 radical (unpaired) electrons. The van der Waals surface area contributed by atoms with Gasteiger partial charge >= 0.3 is 0 Å². The van der Waals surface area contributed by atoms with E-state index in [1.54, 1.807) is 12.2 Å². The summed E-state index contributed by atoms with van der Waals surface area (Å²) >= 11 is 0. The number of hydrogen-bond acceptors (Lipinski definition) is 2. The van der Waals surface area contributed by atoms with Gasteiger partial charge in [-0.1, -0.05) is 63.5 Å². The van der Waals surface area contributed by atoms with Crippen LogP contribution in [-0.2, 0) is 0 Å². The molecule has 2 atom stereocenters. The Hall–Kier alpha value is -0.600. The van der Waals surface area contributed by atoms with E-state index >= 15 is 0 Å². The molecule has 1 saturated carbocycles. The Bertz CT molecular complexity index is 270. The molecule has 0 amide bonds. The number of aliphatic hydroxyl groups is 2. The Morgan fingerprint density at radius 3 is 1.25 bits per heavy atom. The molecule has 0 aliphatic heterocycles. The lowest BCUT2D eigenvalue weighted by atomic mass is 9.72. The molecule has 116 valence electrons. The van der Waals surface area contributed by atoms with Crippen LogP contribution in [0, 0.1) is 0 Å². The quantitative estimate of drug-likeness (QED) is 0.744. The largest absolute Gasteiger partial charge is 0.387 e. The number of rotatable bonds is 4. The van der Waals surface area contributed by atoms with Crippen LogP contribution >= 0.6 is 0 Å². The maximum absolute atomic E-state index is 11.0. The first-order chi connectivity index (χ1) is 9.58. The van der Waals surface area contributed by atoms with Gasteiger partial charge in [0.2, 0.25) is 0 Å². The van der Waals surface area contributed by atoms with Crippen LogP contribution in [0.1, 0.15) is 77.0 Å². The van der Waals surface area contributed by atoms with Crippen molar-refractivity contribution in [2.75, 3.05) is 0 Å². The summed E-state index contributed by atoms with van der Waals surface area (Å²) in [5.41, 5.74) is -2.11. The summed E-state index contributed by atoms with van der Waals surface area (Å²) in [5, 5.41) is 22.1. The molecule has 1 rings (SSSR count). The van der Waals surface area contributed by atoms with Gasteiger partial charge in [0, 0.05) is 0 Å². The fourth-order valence-corrected chi connectivity index (χ4v) is 3.42. The molecular formula is C18H32O2. The minimum absolute atomic E-state index is 0.456. The zero-order valence-corrected chi connectivity index (χ0v) is 12.9. The van der Waals surface area contributed by atoms with E-state index in [4.69, 9.17) is 0 Å². The first kappa shape index (κ1) is 17.5. The zero-order chi connectivity index (χ0) is 14.9. The van der Waals surface area contributed by atoms with Crippen molar-refractivity contribution in [1.82, 2.24) is 0 Å². The Morgan fingerprint density at radius 1 is 0.650 bits per heavy atom. The van der Waals surface area contributed by atoms with Gasteiger partial charge in [0.25, 0.3) is 0 Å². The fraction of sp³-hybridized carbons (Fsp3) is 0.778. The van der Waals surface area contributed by atoms with Crippen molar-refractivity contribution in [2.24, 2.45) is 0 Å². The fourth-order valence-electron chi connectivity index (χ4n) is 3.42. The molecule has 0 aromatic carbocycles.